The SMILES string of the molecule is CC(C)N1CCC[C@H]1c1ccc(N(C(=O)OC(C)(C)C)C2CCCC2)nc1. The van der Waals surface area contributed by atoms with Crippen molar-refractivity contribution in [1.29, 1.82) is 0 Å². The van der Waals surface area contributed by atoms with Gasteiger partial charge in [-0.1, -0.05) is 18.9 Å². The molecule has 3 rings (SSSR count). The molecular weight excluding hydrogens is 338 g/mol. The Morgan fingerprint density at radius 3 is 2.44 bits per heavy atom. The molecule has 0 unspecified atom stereocenters. The zero-order chi connectivity index (χ0) is 19.6. The molecule has 0 spiro atoms. The summed E-state index contributed by atoms with van der Waals surface area (Å²) >= 11 is 0. The van der Waals surface area contributed by atoms with Crippen molar-refractivity contribution in [1.82, 2.24) is 9.88 Å². The molecule has 0 radical (unpaired) electrons. The Balaban J connectivity index is 1.81. The molecule has 2 fully saturated rings. The lowest BCUT2D eigenvalue weighted by atomic mass is 10.1. The molecule has 1 saturated carbocycles. The molecule has 2 heterocycles. The number of carbonyl (C=O) groups is 1. The first-order valence-corrected chi connectivity index (χ1v) is 10.5. The van der Waals surface area contributed by atoms with Gasteiger partial charge in [-0.2, -0.15) is 0 Å². The number of pyridine rings is 1. The Bertz CT molecular complexity index is 630. The topological polar surface area (TPSA) is 45.7 Å². The van der Waals surface area contributed by atoms with Crippen LogP contribution in [0.4, 0.5) is 10.6 Å². The van der Waals surface area contributed by atoms with E-state index in [2.05, 4.69) is 24.8 Å². The van der Waals surface area contributed by atoms with Crippen LogP contribution in [0.3, 0.4) is 0 Å². The lowest BCUT2D eigenvalue weighted by Gasteiger charge is -2.31. The second-order valence-electron chi connectivity index (χ2n) is 9.23. The fourth-order valence-electron chi connectivity index (χ4n) is 4.41. The van der Waals surface area contributed by atoms with E-state index in [-0.39, 0.29) is 12.1 Å². The van der Waals surface area contributed by atoms with E-state index in [9.17, 15) is 4.79 Å². The van der Waals surface area contributed by atoms with Crippen LogP contribution in [-0.2, 0) is 4.74 Å². The molecule has 5 nitrogen and oxygen atoms in total. The summed E-state index contributed by atoms with van der Waals surface area (Å²) in [6.45, 7) is 11.4. The van der Waals surface area contributed by atoms with Gasteiger partial charge in [-0.25, -0.2) is 9.78 Å². The van der Waals surface area contributed by atoms with Gasteiger partial charge < -0.3 is 4.74 Å². The third kappa shape index (κ3) is 4.81. The smallest absolute Gasteiger partial charge is 0.416 e. The molecule has 1 saturated heterocycles. The number of aromatic nitrogens is 1. The number of rotatable bonds is 4. The van der Waals surface area contributed by atoms with E-state index in [4.69, 9.17) is 9.72 Å². The number of nitrogens with zero attached hydrogens (tertiary/aromatic N) is 3. The molecule has 0 N–H and O–H groups in total. The summed E-state index contributed by atoms with van der Waals surface area (Å²) in [4.78, 5) is 21.9. The number of hydrogen-bond acceptors (Lipinski definition) is 4. The average Bonchev–Trinajstić information content (AvgIpc) is 3.25. The molecule has 1 aromatic heterocycles. The number of amides is 1. The summed E-state index contributed by atoms with van der Waals surface area (Å²) in [7, 11) is 0. The maximum atomic E-state index is 12.9. The van der Waals surface area contributed by atoms with Crippen molar-refractivity contribution < 1.29 is 9.53 Å². The number of ether oxygens (including phenoxy) is 1. The second kappa shape index (κ2) is 8.17. The second-order valence-corrected chi connectivity index (χ2v) is 9.23. The molecule has 1 aliphatic carbocycles. The third-order valence-electron chi connectivity index (χ3n) is 5.64. The van der Waals surface area contributed by atoms with Gasteiger partial charge in [0.05, 0.1) is 0 Å². The maximum absolute atomic E-state index is 12.9. The molecule has 0 bridgehead atoms. The van der Waals surface area contributed by atoms with Gasteiger partial charge in [0.1, 0.15) is 11.4 Å². The van der Waals surface area contributed by atoms with Gasteiger partial charge in [-0.05, 0) is 78.5 Å². The highest BCUT2D eigenvalue weighted by atomic mass is 16.6. The minimum absolute atomic E-state index is 0.192. The van der Waals surface area contributed by atoms with Gasteiger partial charge in [0.15, 0.2) is 0 Å². The Hall–Kier alpha value is -1.62. The zero-order valence-electron chi connectivity index (χ0n) is 17.6. The fraction of sp³-hybridized carbons (Fsp3) is 0.727. The Morgan fingerprint density at radius 2 is 1.89 bits per heavy atom. The van der Waals surface area contributed by atoms with E-state index < -0.39 is 5.60 Å². The van der Waals surface area contributed by atoms with Crippen LogP contribution >= 0.6 is 0 Å². The van der Waals surface area contributed by atoms with Crippen LogP contribution in [0.5, 0.6) is 0 Å². The molecule has 2 aliphatic rings. The summed E-state index contributed by atoms with van der Waals surface area (Å²) in [6.07, 6.45) is 8.46. The fourth-order valence-corrected chi connectivity index (χ4v) is 4.41. The first-order chi connectivity index (χ1) is 12.8. The van der Waals surface area contributed by atoms with Crippen LogP contribution in [-0.4, -0.2) is 40.2 Å². The van der Waals surface area contributed by atoms with Crippen LogP contribution in [0.15, 0.2) is 18.3 Å². The summed E-state index contributed by atoms with van der Waals surface area (Å²) < 4.78 is 5.68. The van der Waals surface area contributed by atoms with Crippen LogP contribution < -0.4 is 4.90 Å². The highest BCUT2D eigenvalue weighted by molar-refractivity contribution is 5.87. The predicted octanol–water partition coefficient (Wildman–Crippen LogP) is 5.31. The number of carbonyl (C=O) groups excluding carboxylic acids is 1. The third-order valence-corrected chi connectivity index (χ3v) is 5.64. The lowest BCUT2D eigenvalue weighted by Crippen LogP contribution is -2.43. The molecule has 150 valence electrons. The van der Waals surface area contributed by atoms with Crippen LogP contribution in [0.2, 0.25) is 0 Å². The summed E-state index contributed by atoms with van der Waals surface area (Å²) in [5.74, 6) is 0.717. The Morgan fingerprint density at radius 1 is 1.19 bits per heavy atom. The molecule has 1 atom stereocenters. The molecule has 27 heavy (non-hydrogen) atoms. The number of likely N-dealkylation sites (tertiary alicyclic amines) is 1. The lowest BCUT2D eigenvalue weighted by molar-refractivity contribution is 0.0564. The van der Waals surface area contributed by atoms with Gasteiger partial charge in [-0.15, -0.1) is 0 Å². The Labute approximate surface area is 164 Å². The minimum Gasteiger partial charge on any atom is -0.443 e. The molecule has 0 aromatic carbocycles. The molecular formula is C22H35N3O2. The van der Waals surface area contributed by atoms with E-state index >= 15 is 0 Å². The molecule has 5 heteroatoms. The summed E-state index contributed by atoms with van der Waals surface area (Å²) in [6, 6.07) is 5.33. The van der Waals surface area contributed by atoms with Gasteiger partial charge >= 0.3 is 6.09 Å². The summed E-state index contributed by atoms with van der Waals surface area (Å²) in [5.41, 5.74) is 0.746. The predicted molar refractivity (Wildman–Crippen MR) is 109 cm³/mol. The normalized spacial score (nSPS) is 21.8. The minimum atomic E-state index is -0.504. The molecule has 1 amide bonds. The largest absolute Gasteiger partial charge is 0.443 e. The number of hydrogen-bond donors (Lipinski definition) is 0. The van der Waals surface area contributed by atoms with Gasteiger partial charge in [0.2, 0.25) is 0 Å². The van der Waals surface area contributed by atoms with Gasteiger partial charge in [0, 0.05) is 24.3 Å². The van der Waals surface area contributed by atoms with Crippen molar-refractivity contribution in [2.45, 2.75) is 96.9 Å². The number of anilines is 1. The monoisotopic (exact) mass is 373 g/mol. The maximum Gasteiger partial charge on any atom is 0.416 e. The van der Waals surface area contributed by atoms with E-state index in [1.165, 1.54) is 18.4 Å². The van der Waals surface area contributed by atoms with Gasteiger partial charge in [-0.3, -0.25) is 9.80 Å². The molecule has 1 aliphatic heterocycles. The van der Waals surface area contributed by atoms with E-state index in [0.29, 0.717) is 17.9 Å². The van der Waals surface area contributed by atoms with Crippen molar-refractivity contribution in [3.8, 4) is 0 Å². The van der Waals surface area contributed by atoms with Crippen LogP contribution in [0.1, 0.15) is 84.7 Å². The standard InChI is InChI=1S/C22H35N3O2/c1-16(2)24-14-8-11-19(24)17-12-13-20(23-15-17)25(18-9-6-7-10-18)21(26)27-22(3,4)5/h12-13,15-16,18-19H,6-11,14H2,1-5H3/t19-/m0/s1. The first-order valence-electron chi connectivity index (χ1n) is 10.5. The van der Waals surface area contributed by atoms with Gasteiger partial charge in [0.25, 0.3) is 0 Å². The zero-order valence-corrected chi connectivity index (χ0v) is 17.6. The van der Waals surface area contributed by atoms with Crippen molar-refractivity contribution in [2.24, 2.45) is 0 Å². The van der Waals surface area contributed by atoms with Crippen molar-refractivity contribution in [3.63, 3.8) is 0 Å². The Kier molecular flexibility index (Phi) is 6.09. The summed E-state index contributed by atoms with van der Waals surface area (Å²) in [5, 5.41) is 0. The quantitative estimate of drug-likeness (QED) is 0.717. The highest BCUT2D eigenvalue weighted by Gasteiger charge is 2.33. The van der Waals surface area contributed by atoms with Crippen LogP contribution in [0.25, 0.3) is 0 Å². The van der Waals surface area contributed by atoms with Crippen molar-refractivity contribution in [3.05, 3.63) is 23.9 Å². The van der Waals surface area contributed by atoms with Crippen molar-refractivity contribution >= 4 is 11.9 Å². The van der Waals surface area contributed by atoms with E-state index in [0.717, 1.165) is 32.2 Å². The van der Waals surface area contributed by atoms with E-state index in [1.807, 2.05) is 33.0 Å². The highest BCUT2D eigenvalue weighted by Crippen LogP contribution is 2.34. The van der Waals surface area contributed by atoms with Crippen LogP contribution in [0, 0.1) is 0 Å². The van der Waals surface area contributed by atoms with E-state index in [1.54, 1.807) is 4.90 Å². The van der Waals surface area contributed by atoms with Crippen molar-refractivity contribution in [2.75, 3.05) is 11.4 Å². The average molecular weight is 374 g/mol. The molecule has 1 aromatic rings. The first kappa shape index (κ1) is 20.1.